The molecule has 0 aliphatic carbocycles. The molecule has 2 amide bonds. The number of benzene rings is 1. The van der Waals surface area contributed by atoms with Crippen LogP contribution >= 0.6 is 0 Å². The van der Waals surface area contributed by atoms with Crippen molar-refractivity contribution < 1.29 is 9.59 Å². The van der Waals surface area contributed by atoms with Crippen LogP contribution in [0.3, 0.4) is 0 Å². The van der Waals surface area contributed by atoms with Gasteiger partial charge in [0.15, 0.2) is 5.43 Å². The van der Waals surface area contributed by atoms with Gasteiger partial charge in [-0.25, -0.2) is 0 Å². The van der Waals surface area contributed by atoms with Gasteiger partial charge in [-0.3, -0.25) is 14.4 Å². The number of carbonyl (C=O) groups is 2. The fourth-order valence-corrected chi connectivity index (χ4v) is 1.68. The quantitative estimate of drug-likeness (QED) is 0.802. The van der Waals surface area contributed by atoms with E-state index in [2.05, 4.69) is 15.6 Å². The first-order valence-corrected chi connectivity index (χ1v) is 6.48. The number of aromatic amines is 1. The zero-order valence-electron chi connectivity index (χ0n) is 11.5. The summed E-state index contributed by atoms with van der Waals surface area (Å²) in [4.78, 5) is 37.4. The summed E-state index contributed by atoms with van der Waals surface area (Å²) in [6.07, 6.45) is 3.22. The van der Waals surface area contributed by atoms with E-state index in [9.17, 15) is 14.4 Å². The minimum absolute atomic E-state index is 0.0425. The Hall–Kier alpha value is -2.89. The van der Waals surface area contributed by atoms with E-state index in [1.165, 1.54) is 18.5 Å². The largest absolute Gasteiger partial charge is 0.367 e. The number of H-pyrrole nitrogens is 1. The van der Waals surface area contributed by atoms with Crippen LogP contribution in [0.1, 0.15) is 23.7 Å². The highest BCUT2D eigenvalue weighted by atomic mass is 16.2. The molecule has 0 saturated carbocycles. The topological polar surface area (TPSA) is 91.1 Å². The molecule has 0 fully saturated rings. The van der Waals surface area contributed by atoms with E-state index in [0.717, 1.165) is 0 Å². The second kappa shape index (κ2) is 6.51. The maximum atomic E-state index is 11.9. The van der Waals surface area contributed by atoms with Gasteiger partial charge >= 0.3 is 0 Å². The molecule has 1 heterocycles. The minimum Gasteiger partial charge on any atom is -0.367 e. The fourth-order valence-electron chi connectivity index (χ4n) is 1.68. The summed E-state index contributed by atoms with van der Waals surface area (Å²) in [6, 6.07) is 7.95. The molecule has 0 radical (unpaired) electrons. The summed E-state index contributed by atoms with van der Waals surface area (Å²) >= 11 is 0. The molecule has 1 aromatic heterocycles. The molecule has 0 atom stereocenters. The molecule has 3 N–H and O–H groups in total. The van der Waals surface area contributed by atoms with Crippen molar-refractivity contribution in [3.8, 4) is 0 Å². The van der Waals surface area contributed by atoms with Gasteiger partial charge < -0.3 is 15.6 Å². The van der Waals surface area contributed by atoms with Crippen LogP contribution < -0.4 is 16.1 Å². The predicted molar refractivity (Wildman–Crippen MR) is 80.4 cm³/mol. The van der Waals surface area contributed by atoms with Crippen molar-refractivity contribution in [2.45, 2.75) is 13.3 Å². The number of carbonyl (C=O) groups excluding carboxylic acids is 2. The molecule has 2 rings (SSSR count). The van der Waals surface area contributed by atoms with Crippen molar-refractivity contribution in [2.75, 3.05) is 10.6 Å². The van der Waals surface area contributed by atoms with E-state index in [-0.39, 0.29) is 16.9 Å². The lowest BCUT2D eigenvalue weighted by atomic mass is 10.2. The first-order chi connectivity index (χ1) is 10.1. The predicted octanol–water partition coefficient (Wildman–Crippen LogP) is 1.98. The number of nitrogens with one attached hydrogen (secondary N) is 3. The van der Waals surface area contributed by atoms with E-state index < -0.39 is 5.91 Å². The van der Waals surface area contributed by atoms with E-state index in [1.54, 1.807) is 31.2 Å². The van der Waals surface area contributed by atoms with Crippen LogP contribution in [0.5, 0.6) is 0 Å². The van der Waals surface area contributed by atoms with Crippen LogP contribution in [0.4, 0.5) is 11.4 Å². The standard InChI is InChI=1S/C15H15N3O3/c1-2-14(20)17-10-3-5-11(6-4-10)18-15(21)12-9-16-8-7-13(12)19/h3-9H,2H2,1H3,(H,16,19)(H,17,20)(H,18,21). The Morgan fingerprint density at radius 2 is 1.67 bits per heavy atom. The zero-order chi connectivity index (χ0) is 15.2. The lowest BCUT2D eigenvalue weighted by Gasteiger charge is -2.07. The van der Waals surface area contributed by atoms with Crippen LogP contribution in [0, 0.1) is 0 Å². The van der Waals surface area contributed by atoms with Crippen molar-refractivity contribution in [1.29, 1.82) is 0 Å². The van der Waals surface area contributed by atoms with Crippen molar-refractivity contribution in [3.05, 3.63) is 58.5 Å². The highest BCUT2D eigenvalue weighted by molar-refractivity contribution is 6.04. The third kappa shape index (κ3) is 3.79. The van der Waals surface area contributed by atoms with Gasteiger partial charge in [-0.05, 0) is 24.3 Å². The maximum absolute atomic E-state index is 11.9. The van der Waals surface area contributed by atoms with E-state index in [4.69, 9.17) is 0 Å². The molecule has 0 aliphatic heterocycles. The Morgan fingerprint density at radius 1 is 1.05 bits per heavy atom. The summed E-state index contributed by atoms with van der Waals surface area (Å²) in [6.45, 7) is 1.77. The molecule has 6 nitrogen and oxygen atoms in total. The van der Waals surface area contributed by atoms with Gasteiger partial charge in [-0.1, -0.05) is 6.92 Å². The number of aromatic nitrogens is 1. The second-order valence-corrected chi connectivity index (χ2v) is 4.36. The minimum atomic E-state index is -0.484. The molecule has 0 aliphatic rings. The molecule has 21 heavy (non-hydrogen) atoms. The normalized spacial score (nSPS) is 9.95. The molecule has 2 aromatic rings. The third-order valence-electron chi connectivity index (χ3n) is 2.82. The van der Waals surface area contributed by atoms with Gasteiger partial charge in [0.2, 0.25) is 5.91 Å². The van der Waals surface area contributed by atoms with Gasteiger partial charge in [-0.15, -0.1) is 0 Å². The smallest absolute Gasteiger partial charge is 0.261 e. The fraction of sp³-hybridized carbons (Fsp3) is 0.133. The van der Waals surface area contributed by atoms with Crippen LogP contribution in [0.2, 0.25) is 0 Å². The molecule has 1 aromatic carbocycles. The van der Waals surface area contributed by atoms with Gasteiger partial charge in [0.1, 0.15) is 5.56 Å². The average molecular weight is 285 g/mol. The van der Waals surface area contributed by atoms with Gasteiger partial charge in [0.05, 0.1) is 0 Å². The second-order valence-electron chi connectivity index (χ2n) is 4.36. The Bertz CT molecular complexity index is 705. The van der Waals surface area contributed by atoms with Crippen molar-refractivity contribution >= 4 is 23.2 Å². The molecule has 108 valence electrons. The van der Waals surface area contributed by atoms with Crippen LogP contribution in [0.15, 0.2) is 47.5 Å². The highest BCUT2D eigenvalue weighted by Crippen LogP contribution is 2.14. The van der Waals surface area contributed by atoms with Gasteiger partial charge in [0.25, 0.3) is 5.91 Å². The van der Waals surface area contributed by atoms with Crippen LogP contribution in [-0.2, 0) is 4.79 Å². The van der Waals surface area contributed by atoms with E-state index in [0.29, 0.717) is 17.8 Å². The Balaban J connectivity index is 2.07. The highest BCUT2D eigenvalue weighted by Gasteiger charge is 2.09. The SMILES string of the molecule is CCC(=O)Nc1ccc(NC(=O)c2c[nH]ccc2=O)cc1. The van der Waals surface area contributed by atoms with Crippen molar-refractivity contribution in [2.24, 2.45) is 0 Å². The van der Waals surface area contributed by atoms with Gasteiger partial charge in [0, 0.05) is 36.3 Å². The lowest BCUT2D eigenvalue weighted by Crippen LogP contribution is -2.20. The molecule has 0 saturated heterocycles. The number of anilines is 2. The molecule has 0 unspecified atom stereocenters. The van der Waals surface area contributed by atoms with Crippen LogP contribution in [0.25, 0.3) is 0 Å². The summed E-state index contributed by atoms with van der Waals surface area (Å²) in [5, 5.41) is 5.33. The summed E-state index contributed by atoms with van der Waals surface area (Å²) in [7, 11) is 0. The third-order valence-corrected chi connectivity index (χ3v) is 2.82. The van der Waals surface area contributed by atoms with Gasteiger partial charge in [-0.2, -0.15) is 0 Å². The molecular formula is C15H15N3O3. The van der Waals surface area contributed by atoms with E-state index in [1.807, 2.05) is 0 Å². The number of pyridine rings is 1. The zero-order valence-corrected chi connectivity index (χ0v) is 11.5. The monoisotopic (exact) mass is 285 g/mol. The number of rotatable bonds is 4. The Morgan fingerprint density at radius 3 is 2.24 bits per heavy atom. The Kier molecular flexibility index (Phi) is 4.50. The van der Waals surface area contributed by atoms with Crippen molar-refractivity contribution in [1.82, 2.24) is 4.98 Å². The maximum Gasteiger partial charge on any atom is 0.261 e. The molecule has 6 heteroatoms. The number of amides is 2. The number of hydrogen-bond acceptors (Lipinski definition) is 3. The molecular weight excluding hydrogens is 270 g/mol. The average Bonchev–Trinajstić information content (AvgIpc) is 2.49. The first kappa shape index (κ1) is 14.5. The van der Waals surface area contributed by atoms with Crippen molar-refractivity contribution in [3.63, 3.8) is 0 Å². The Labute approximate surface area is 121 Å². The first-order valence-electron chi connectivity index (χ1n) is 6.48. The summed E-state index contributed by atoms with van der Waals surface area (Å²) in [5.41, 5.74) is 0.883. The number of hydrogen-bond donors (Lipinski definition) is 3. The lowest BCUT2D eigenvalue weighted by molar-refractivity contribution is -0.115. The summed E-state index contributed by atoms with van der Waals surface area (Å²) < 4.78 is 0. The van der Waals surface area contributed by atoms with E-state index >= 15 is 0 Å². The van der Waals surface area contributed by atoms with Crippen LogP contribution in [-0.4, -0.2) is 16.8 Å². The summed E-state index contributed by atoms with van der Waals surface area (Å²) in [5.74, 6) is -0.565. The molecule has 0 bridgehead atoms. The molecule has 0 spiro atoms.